The van der Waals surface area contributed by atoms with Gasteiger partial charge in [0, 0.05) is 29.5 Å². The molecule has 0 aliphatic rings. The Hall–Kier alpha value is -2.22. The van der Waals surface area contributed by atoms with Gasteiger partial charge in [0.15, 0.2) is 0 Å². The Bertz CT molecular complexity index is 889. The summed E-state index contributed by atoms with van der Waals surface area (Å²) >= 11 is 3.38. The summed E-state index contributed by atoms with van der Waals surface area (Å²) in [6.45, 7) is 3.57. The fourth-order valence-corrected chi connectivity index (χ4v) is 4.15. The van der Waals surface area contributed by atoms with Gasteiger partial charge >= 0.3 is 0 Å². The summed E-state index contributed by atoms with van der Waals surface area (Å²) < 4.78 is 10.5. The molecule has 2 heterocycles. The molecule has 7 heteroatoms. The number of carbonyl (C=O) groups is 1. The fourth-order valence-electron chi connectivity index (χ4n) is 2.50. The number of aromatic nitrogens is 1. The summed E-state index contributed by atoms with van der Waals surface area (Å²) in [6, 6.07) is 11.4. The molecule has 0 aliphatic carbocycles. The molecule has 0 atom stereocenters. The van der Waals surface area contributed by atoms with Crippen molar-refractivity contribution in [3.63, 3.8) is 0 Å². The molecule has 0 saturated carbocycles. The highest BCUT2D eigenvalue weighted by molar-refractivity contribution is 7.16. The van der Waals surface area contributed by atoms with Gasteiger partial charge in [-0.3, -0.25) is 4.79 Å². The second-order valence-corrected chi connectivity index (χ2v) is 8.12. The van der Waals surface area contributed by atoms with Gasteiger partial charge in [-0.1, -0.05) is 6.07 Å². The van der Waals surface area contributed by atoms with E-state index in [0.29, 0.717) is 31.1 Å². The first kappa shape index (κ1) is 19.5. The molecule has 142 valence electrons. The van der Waals surface area contributed by atoms with Crippen molar-refractivity contribution in [1.82, 2.24) is 10.3 Å². The molecule has 0 unspecified atom stereocenters. The molecule has 5 nitrogen and oxygen atoms in total. The zero-order valence-corrected chi connectivity index (χ0v) is 17.0. The van der Waals surface area contributed by atoms with Gasteiger partial charge in [-0.05, 0) is 43.7 Å². The van der Waals surface area contributed by atoms with E-state index in [4.69, 9.17) is 9.47 Å². The first-order chi connectivity index (χ1) is 13.2. The van der Waals surface area contributed by atoms with Crippen LogP contribution in [0.15, 0.2) is 41.8 Å². The number of amides is 1. The second-order valence-electron chi connectivity index (χ2n) is 5.89. The summed E-state index contributed by atoms with van der Waals surface area (Å²) in [5.74, 6) is 0.570. The van der Waals surface area contributed by atoms with E-state index in [2.05, 4.69) is 27.8 Å². The van der Waals surface area contributed by atoms with E-state index in [-0.39, 0.29) is 5.91 Å². The van der Waals surface area contributed by atoms with E-state index in [0.717, 1.165) is 17.1 Å². The molecule has 2 aromatic heterocycles. The van der Waals surface area contributed by atoms with Crippen LogP contribution in [0.3, 0.4) is 0 Å². The molecule has 0 spiro atoms. The standard InChI is InChI=1S/C20H22N2O3S2/c1-14-22-18(13-26-14)19-7-6-17(27-19)8-9-21-20(23)15-4-3-5-16(12-15)25-11-10-24-2/h3-7,12-13H,8-11H2,1-2H3,(H,21,23). The van der Waals surface area contributed by atoms with Gasteiger partial charge in [0.1, 0.15) is 12.4 Å². The number of nitrogens with one attached hydrogen (secondary N) is 1. The number of aryl methyl sites for hydroxylation is 1. The van der Waals surface area contributed by atoms with Crippen molar-refractivity contribution < 1.29 is 14.3 Å². The molecule has 3 aromatic rings. The van der Waals surface area contributed by atoms with Crippen LogP contribution in [-0.4, -0.2) is 37.8 Å². The van der Waals surface area contributed by atoms with Gasteiger partial charge in [0.2, 0.25) is 0 Å². The summed E-state index contributed by atoms with van der Waals surface area (Å²) in [5.41, 5.74) is 1.62. The predicted molar refractivity (Wildman–Crippen MR) is 110 cm³/mol. The maximum Gasteiger partial charge on any atom is 0.251 e. The molecule has 0 saturated heterocycles. The second kappa shape index (κ2) is 9.64. The number of hydrogen-bond acceptors (Lipinski definition) is 6. The number of methoxy groups -OCH3 is 1. The minimum absolute atomic E-state index is 0.0981. The third-order valence-electron chi connectivity index (χ3n) is 3.84. The highest BCUT2D eigenvalue weighted by Crippen LogP contribution is 2.29. The van der Waals surface area contributed by atoms with Crippen molar-refractivity contribution in [3.8, 4) is 16.3 Å². The Kier molecular flexibility index (Phi) is 6.98. The Morgan fingerprint density at radius 3 is 2.89 bits per heavy atom. The normalized spacial score (nSPS) is 10.7. The van der Waals surface area contributed by atoms with Crippen LogP contribution >= 0.6 is 22.7 Å². The maximum absolute atomic E-state index is 12.3. The molecule has 0 radical (unpaired) electrons. The first-order valence-electron chi connectivity index (χ1n) is 8.67. The minimum Gasteiger partial charge on any atom is -0.491 e. The van der Waals surface area contributed by atoms with Gasteiger partial charge in [0.25, 0.3) is 5.91 Å². The van der Waals surface area contributed by atoms with Gasteiger partial charge in [-0.15, -0.1) is 22.7 Å². The molecule has 27 heavy (non-hydrogen) atoms. The van der Waals surface area contributed by atoms with Crippen molar-refractivity contribution in [2.24, 2.45) is 0 Å². The summed E-state index contributed by atoms with van der Waals surface area (Å²) in [4.78, 5) is 19.3. The van der Waals surface area contributed by atoms with Crippen molar-refractivity contribution >= 4 is 28.6 Å². The number of rotatable bonds is 9. The van der Waals surface area contributed by atoms with Crippen LogP contribution in [-0.2, 0) is 11.2 Å². The van der Waals surface area contributed by atoms with E-state index in [9.17, 15) is 4.79 Å². The minimum atomic E-state index is -0.0981. The van der Waals surface area contributed by atoms with Crippen LogP contribution in [0.1, 0.15) is 20.2 Å². The zero-order valence-electron chi connectivity index (χ0n) is 15.4. The highest BCUT2D eigenvalue weighted by Gasteiger charge is 2.09. The number of benzene rings is 1. The molecule has 3 rings (SSSR count). The number of ether oxygens (including phenoxy) is 2. The third-order valence-corrected chi connectivity index (χ3v) is 5.78. The van der Waals surface area contributed by atoms with Gasteiger partial charge in [0.05, 0.1) is 22.2 Å². The molecule has 1 aromatic carbocycles. The lowest BCUT2D eigenvalue weighted by molar-refractivity contribution is 0.0953. The van der Waals surface area contributed by atoms with Crippen molar-refractivity contribution in [2.75, 3.05) is 26.9 Å². The van der Waals surface area contributed by atoms with Gasteiger partial charge < -0.3 is 14.8 Å². The zero-order chi connectivity index (χ0) is 19.1. The Morgan fingerprint density at radius 1 is 1.22 bits per heavy atom. The number of carbonyl (C=O) groups excluding carboxylic acids is 1. The molecular formula is C20H22N2O3S2. The highest BCUT2D eigenvalue weighted by atomic mass is 32.1. The van der Waals surface area contributed by atoms with Crippen molar-refractivity contribution in [1.29, 1.82) is 0 Å². The number of nitrogens with zero attached hydrogens (tertiary/aromatic N) is 1. The van der Waals surface area contributed by atoms with Gasteiger partial charge in [-0.2, -0.15) is 0 Å². The van der Waals surface area contributed by atoms with Crippen LogP contribution in [0.2, 0.25) is 0 Å². The quantitative estimate of drug-likeness (QED) is 0.546. The lowest BCUT2D eigenvalue weighted by Gasteiger charge is -2.08. The lowest BCUT2D eigenvalue weighted by Crippen LogP contribution is -2.25. The number of thiophene rings is 1. The third kappa shape index (κ3) is 5.63. The van der Waals surface area contributed by atoms with Crippen molar-refractivity contribution in [2.45, 2.75) is 13.3 Å². The van der Waals surface area contributed by atoms with Crippen LogP contribution in [0.4, 0.5) is 0 Å². The SMILES string of the molecule is COCCOc1cccc(C(=O)NCCc2ccc(-c3csc(C)n3)s2)c1. The smallest absolute Gasteiger partial charge is 0.251 e. The summed E-state index contributed by atoms with van der Waals surface area (Å²) in [5, 5.41) is 6.12. The molecule has 0 aliphatic heterocycles. The largest absolute Gasteiger partial charge is 0.491 e. The Labute approximate surface area is 167 Å². The first-order valence-corrected chi connectivity index (χ1v) is 10.4. The van der Waals surface area contributed by atoms with Crippen LogP contribution in [0.25, 0.3) is 10.6 Å². The molecular weight excluding hydrogens is 380 g/mol. The van der Waals surface area contributed by atoms with Gasteiger partial charge in [-0.25, -0.2) is 4.98 Å². The molecule has 1 amide bonds. The monoisotopic (exact) mass is 402 g/mol. The topological polar surface area (TPSA) is 60.5 Å². The fraction of sp³-hybridized carbons (Fsp3) is 0.300. The Balaban J connectivity index is 1.49. The van der Waals surface area contributed by atoms with E-state index in [1.165, 1.54) is 9.75 Å². The van der Waals surface area contributed by atoms with Crippen molar-refractivity contribution in [3.05, 3.63) is 57.2 Å². The van der Waals surface area contributed by atoms with E-state index in [1.807, 2.05) is 19.1 Å². The lowest BCUT2D eigenvalue weighted by atomic mass is 10.2. The molecule has 0 fully saturated rings. The average molecular weight is 403 g/mol. The van der Waals surface area contributed by atoms with Crippen LogP contribution in [0.5, 0.6) is 5.75 Å². The summed E-state index contributed by atoms with van der Waals surface area (Å²) in [7, 11) is 1.63. The number of thiazole rings is 1. The van der Waals surface area contributed by atoms with E-state index < -0.39 is 0 Å². The molecule has 0 bridgehead atoms. The number of hydrogen-bond donors (Lipinski definition) is 1. The van der Waals surface area contributed by atoms with Crippen LogP contribution < -0.4 is 10.1 Å². The van der Waals surface area contributed by atoms with Crippen LogP contribution in [0, 0.1) is 6.92 Å². The average Bonchev–Trinajstić information content (AvgIpc) is 3.31. The maximum atomic E-state index is 12.3. The predicted octanol–water partition coefficient (Wildman–Crippen LogP) is 4.18. The molecule has 1 N–H and O–H groups in total. The Morgan fingerprint density at radius 2 is 2.11 bits per heavy atom. The van der Waals surface area contributed by atoms with E-state index in [1.54, 1.807) is 41.9 Å². The summed E-state index contributed by atoms with van der Waals surface area (Å²) in [6.07, 6.45) is 0.795. The van der Waals surface area contributed by atoms with E-state index >= 15 is 0 Å².